The van der Waals surface area contributed by atoms with Crippen LogP contribution in [0.1, 0.15) is 80.7 Å². The Hall–Kier alpha value is -1.66. The second-order valence-corrected chi connectivity index (χ2v) is 13.9. The molecule has 0 bridgehead atoms. The van der Waals surface area contributed by atoms with Gasteiger partial charge in [-0.3, -0.25) is 0 Å². The Morgan fingerprint density at radius 3 is 1.79 bits per heavy atom. The van der Waals surface area contributed by atoms with Gasteiger partial charge in [-0.2, -0.15) is 0 Å². The molecule has 0 spiro atoms. The van der Waals surface area contributed by atoms with Crippen molar-refractivity contribution in [2.45, 2.75) is 66.7 Å². The van der Waals surface area contributed by atoms with Gasteiger partial charge in [0.15, 0.2) is 0 Å². The van der Waals surface area contributed by atoms with Crippen LogP contribution in [-0.4, -0.2) is 41.2 Å². The highest BCUT2D eigenvalue weighted by Gasteiger charge is 2.30. The molecule has 1 aliphatic rings. The van der Waals surface area contributed by atoms with Crippen molar-refractivity contribution in [1.29, 1.82) is 0 Å². The van der Waals surface area contributed by atoms with E-state index in [4.69, 9.17) is 79.6 Å². The Morgan fingerprint density at radius 2 is 1.26 bits per heavy atom. The van der Waals surface area contributed by atoms with Crippen molar-refractivity contribution in [3.63, 3.8) is 0 Å². The van der Waals surface area contributed by atoms with E-state index in [1.165, 1.54) is 11.1 Å². The van der Waals surface area contributed by atoms with Gasteiger partial charge in [0.2, 0.25) is 0 Å². The number of amidine groups is 2. The van der Waals surface area contributed by atoms with Crippen LogP contribution in [0.25, 0.3) is 0 Å². The monoisotopic (exact) mass is 698 g/mol. The number of benzene rings is 3. The minimum atomic E-state index is 0.0963. The van der Waals surface area contributed by atoms with Gasteiger partial charge in [-0.05, 0) is 67.3 Å². The van der Waals surface area contributed by atoms with Gasteiger partial charge < -0.3 is 9.80 Å². The zero-order chi connectivity index (χ0) is 31.7. The average Bonchev–Trinajstić information content (AvgIpc) is 2.95. The molecule has 1 saturated heterocycles. The van der Waals surface area contributed by atoms with Crippen LogP contribution < -0.4 is 0 Å². The van der Waals surface area contributed by atoms with Gasteiger partial charge in [-0.1, -0.05) is 122 Å². The number of halogens is 6. The van der Waals surface area contributed by atoms with Crippen LogP contribution in [-0.2, 0) is 0 Å². The molecule has 0 N–H and O–H groups in total. The summed E-state index contributed by atoms with van der Waals surface area (Å²) in [7, 11) is 0. The number of hydrogen-bond donors (Lipinski definition) is 0. The summed E-state index contributed by atoms with van der Waals surface area (Å²) in [5.74, 6) is 2.10. The first-order valence-corrected chi connectivity index (χ1v) is 16.5. The highest BCUT2D eigenvalue weighted by molar-refractivity contribution is 6.56. The molecule has 3 aromatic rings. The second kappa shape index (κ2) is 14.2. The molecular weight excluding hydrogens is 665 g/mol. The van der Waals surface area contributed by atoms with E-state index in [9.17, 15) is 0 Å². The van der Waals surface area contributed by atoms with Gasteiger partial charge in [-0.15, -0.1) is 0 Å². The molecule has 0 atom stereocenters. The number of nitrogens with zero attached hydrogens (tertiary/aromatic N) is 4. The summed E-state index contributed by atoms with van der Waals surface area (Å²) in [4.78, 5) is 14.7. The van der Waals surface area contributed by atoms with Gasteiger partial charge in [0.25, 0.3) is 0 Å². The fourth-order valence-electron chi connectivity index (χ4n) is 5.35. The van der Waals surface area contributed by atoms with Crippen LogP contribution in [0.15, 0.2) is 40.3 Å². The Kier molecular flexibility index (Phi) is 11.3. The van der Waals surface area contributed by atoms with Crippen LogP contribution in [0, 0.1) is 13.8 Å². The first-order valence-electron chi connectivity index (χ1n) is 14.3. The zero-order valence-corrected chi connectivity index (χ0v) is 30.0. The third-order valence-electron chi connectivity index (χ3n) is 7.62. The van der Waals surface area contributed by atoms with E-state index in [2.05, 4.69) is 62.6 Å². The average molecular weight is 701 g/mol. The van der Waals surface area contributed by atoms with Crippen LogP contribution in [0.3, 0.4) is 0 Å². The lowest BCUT2D eigenvalue weighted by atomic mass is 9.93. The predicted molar refractivity (Wildman–Crippen MR) is 189 cm³/mol. The summed E-state index contributed by atoms with van der Waals surface area (Å²) < 4.78 is 0. The molecule has 230 valence electrons. The van der Waals surface area contributed by atoms with Crippen molar-refractivity contribution in [3.8, 4) is 0 Å². The molecular formula is C33H36Cl6N4. The van der Waals surface area contributed by atoms with Crippen molar-refractivity contribution in [1.82, 2.24) is 9.80 Å². The molecule has 0 saturated carbocycles. The zero-order valence-electron chi connectivity index (χ0n) is 25.4. The molecule has 1 heterocycles. The van der Waals surface area contributed by atoms with E-state index in [-0.39, 0.29) is 25.1 Å². The van der Waals surface area contributed by atoms with Gasteiger partial charge in [0, 0.05) is 13.1 Å². The lowest BCUT2D eigenvalue weighted by molar-refractivity contribution is 0.213. The first-order chi connectivity index (χ1) is 20.2. The Balaban J connectivity index is 1.86. The molecule has 0 aromatic heterocycles. The third-order valence-corrected chi connectivity index (χ3v) is 10.2. The standard InChI is InChI=1S/C33H36Cl6N4/c1-17(2)22-10-8-11-23(18(3)4)32(22)40-21(7)42-12-9-13-43(16-42)33(41-31-20(6)14-19(5)15-24(31)34)25-26(35)28(37)30(39)29(38)27(25)36/h8,10-11,14-15,17-18H,9,12-13,16H2,1-7H3. The molecule has 43 heavy (non-hydrogen) atoms. The van der Waals surface area contributed by atoms with Crippen LogP contribution in [0.4, 0.5) is 11.4 Å². The molecule has 0 radical (unpaired) electrons. The lowest BCUT2D eigenvalue weighted by Gasteiger charge is -2.39. The third kappa shape index (κ3) is 7.27. The fraction of sp³-hybridized carbons (Fsp3) is 0.394. The summed E-state index contributed by atoms with van der Waals surface area (Å²) in [6, 6.07) is 10.4. The van der Waals surface area contributed by atoms with Gasteiger partial charge >= 0.3 is 0 Å². The molecule has 1 fully saturated rings. The molecule has 10 heteroatoms. The van der Waals surface area contributed by atoms with Crippen molar-refractivity contribution >= 4 is 92.7 Å². The lowest BCUT2D eigenvalue weighted by Crippen LogP contribution is -2.49. The number of para-hydroxylation sites is 1. The second-order valence-electron chi connectivity index (χ2n) is 11.6. The molecule has 0 amide bonds. The van der Waals surface area contributed by atoms with E-state index in [1.807, 2.05) is 26.0 Å². The Morgan fingerprint density at radius 1 is 0.721 bits per heavy atom. The highest BCUT2D eigenvalue weighted by atomic mass is 35.5. The summed E-state index contributed by atoms with van der Waals surface area (Å²) >= 11 is 39.8. The van der Waals surface area contributed by atoms with Crippen molar-refractivity contribution in [2.75, 3.05) is 19.8 Å². The maximum atomic E-state index is 6.82. The normalized spacial score (nSPS) is 14.9. The van der Waals surface area contributed by atoms with E-state index in [0.717, 1.165) is 35.6 Å². The summed E-state index contributed by atoms with van der Waals surface area (Å²) in [5.41, 5.74) is 6.48. The smallest absolute Gasteiger partial charge is 0.141 e. The number of rotatable bonds is 5. The van der Waals surface area contributed by atoms with Crippen LogP contribution in [0.2, 0.25) is 30.1 Å². The SMILES string of the molecule is CC(=Nc1c(C(C)C)cccc1C(C)C)N1CCCN(C(=Nc2c(C)cc(C)cc2Cl)c2c(Cl)c(Cl)c(Cl)c(Cl)c2Cl)C1. The van der Waals surface area contributed by atoms with Gasteiger partial charge in [-0.25, -0.2) is 9.98 Å². The first kappa shape index (κ1) is 34.2. The quantitative estimate of drug-likeness (QED) is 0.115. The van der Waals surface area contributed by atoms with Gasteiger partial charge in [0.05, 0.1) is 53.7 Å². The van der Waals surface area contributed by atoms with E-state index in [1.54, 1.807) is 0 Å². The fourth-order valence-corrected chi connectivity index (χ4v) is 7.02. The molecule has 0 unspecified atom stereocenters. The summed E-state index contributed by atoms with van der Waals surface area (Å²) in [6.07, 6.45) is 0.847. The predicted octanol–water partition coefficient (Wildman–Crippen LogP) is 12.3. The Bertz CT molecular complexity index is 1520. The molecule has 3 aromatic carbocycles. The molecule has 4 rings (SSSR count). The maximum absolute atomic E-state index is 6.82. The number of aryl methyl sites for hydroxylation is 2. The van der Waals surface area contributed by atoms with E-state index < -0.39 is 0 Å². The molecule has 4 nitrogen and oxygen atoms in total. The Labute approximate surface area is 285 Å². The molecule has 0 aliphatic carbocycles. The van der Waals surface area contributed by atoms with Crippen LogP contribution >= 0.6 is 69.6 Å². The molecule has 1 aliphatic heterocycles. The summed E-state index contributed by atoms with van der Waals surface area (Å²) in [5, 5.41) is 1.20. The minimum Gasteiger partial charge on any atom is -0.342 e. The largest absolute Gasteiger partial charge is 0.342 e. The maximum Gasteiger partial charge on any atom is 0.141 e. The van der Waals surface area contributed by atoms with Crippen molar-refractivity contribution in [3.05, 3.63) is 88.3 Å². The topological polar surface area (TPSA) is 31.2 Å². The van der Waals surface area contributed by atoms with Crippen molar-refractivity contribution in [2.24, 2.45) is 9.98 Å². The highest BCUT2D eigenvalue weighted by Crippen LogP contribution is 2.45. The summed E-state index contributed by atoms with van der Waals surface area (Å²) in [6.45, 7) is 16.8. The number of aliphatic imine (C=N–C) groups is 2. The van der Waals surface area contributed by atoms with Crippen molar-refractivity contribution < 1.29 is 0 Å². The number of hydrogen-bond acceptors (Lipinski definition) is 2. The minimum absolute atomic E-state index is 0.0963. The van der Waals surface area contributed by atoms with E-state index >= 15 is 0 Å². The van der Waals surface area contributed by atoms with E-state index in [0.29, 0.717) is 47.2 Å². The van der Waals surface area contributed by atoms with Crippen LogP contribution in [0.5, 0.6) is 0 Å². The van der Waals surface area contributed by atoms with Gasteiger partial charge in [0.1, 0.15) is 11.7 Å².